The normalized spacial score (nSPS) is 11.6. The van der Waals surface area contributed by atoms with Crippen LogP contribution in [0.2, 0.25) is 15.1 Å². The number of nitrogens with one attached hydrogen (secondary N) is 1. The predicted molar refractivity (Wildman–Crippen MR) is 73.5 cm³/mol. The molecule has 0 fully saturated rings. The lowest BCUT2D eigenvalue weighted by molar-refractivity contribution is 0.400. The van der Waals surface area contributed by atoms with Crippen LogP contribution in [0.4, 0.5) is 5.82 Å². The van der Waals surface area contributed by atoms with Crippen molar-refractivity contribution < 1.29 is 12.9 Å². The van der Waals surface area contributed by atoms with Crippen molar-refractivity contribution in [1.29, 1.82) is 0 Å². The molecule has 2 rings (SSSR count). The highest BCUT2D eigenvalue weighted by molar-refractivity contribution is 7.93. The van der Waals surface area contributed by atoms with Gasteiger partial charge in [0, 0.05) is 11.1 Å². The van der Waals surface area contributed by atoms with Crippen molar-refractivity contribution in [2.75, 3.05) is 4.72 Å². The van der Waals surface area contributed by atoms with E-state index < -0.39 is 10.0 Å². The topological polar surface area (TPSA) is 72.2 Å². The predicted octanol–water partition coefficient (Wildman–Crippen LogP) is 3.74. The fourth-order valence-corrected chi connectivity index (χ4v) is 3.92. The van der Waals surface area contributed by atoms with E-state index in [2.05, 4.69) is 9.88 Å². The van der Waals surface area contributed by atoms with E-state index in [0.29, 0.717) is 5.76 Å². The maximum atomic E-state index is 12.2. The number of sulfonamides is 1. The molecule has 1 aromatic carbocycles. The van der Waals surface area contributed by atoms with Crippen LogP contribution in [-0.2, 0) is 10.0 Å². The molecule has 0 bridgehead atoms. The summed E-state index contributed by atoms with van der Waals surface area (Å²) in [6.07, 6.45) is 0. The fourth-order valence-electron chi connectivity index (χ4n) is 1.39. The van der Waals surface area contributed by atoms with E-state index in [0.717, 1.165) is 0 Å². The van der Waals surface area contributed by atoms with E-state index in [1.807, 2.05) is 0 Å². The lowest BCUT2D eigenvalue weighted by atomic mass is 10.4. The number of nitrogens with zero attached hydrogens (tertiary/aromatic N) is 1. The van der Waals surface area contributed by atoms with E-state index in [1.165, 1.54) is 18.2 Å². The Morgan fingerprint density at radius 2 is 1.74 bits per heavy atom. The highest BCUT2D eigenvalue weighted by Gasteiger charge is 2.23. The largest absolute Gasteiger partial charge is 0.360 e. The van der Waals surface area contributed by atoms with E-state index in [-0.39, 0.29) is 25.8 Å². The second-order valence-electron chi connectivity index (χ2n) is 3.63. The monoisotopic (exact) mass is 340 g/mol. The number of anilines is 1. The Balaban J connectivity index is 2.45. The highest BCUT2D eigenvalue weighted by atomic mass is 35.5. The standard InChI is InChI=1S/C10H7Cl3N2O3S/c1-5-2-9(14-18-5)15-19(16,17)10-7(12)3-6(11)4-8(10)13/h2-4H,1H3,(H,14,15). The molecular formula is C10H7Cl3N2O3S. The SMILES string of the molecule is Cc1cc(NS(=O)(=O)c2c(Cl)cc(Cl)cc2Cl)no1. The van der Waals surface area contributed by atoms with Gasteiger partial charge in [0.05, 0.1) is 10.0 Å². The summed E-state index contributed by atoms with van der Waals surface area (Å²) in [6.45, 7) is 1.63. The molecule has 0 aliphatic carbocycles. The summed E-state index contributed by atoms with van der Waals surface area (Å²) >= 11 is 17.4. The number of hydrogen-bond donors (Lipinski definition) is 1. The van der Waals surface area contributed by atoms with Gasteiger partial charge in [-0.3, -0.25) is 4.72 Å². The summed E-state index contributed by atoms with van der Waals surface area (Å²) in [5, 5.41) is 3.61. The zero-order chi connectivity index (χ0) is 14.2. The van der Waals surface area contributed by atoms with Gasteiger partial charge in [-0.1, -0.05) is 40.0 Å². The van der Waals surface area contributed by atoms with Crippen LogP contribution in [0.3, 0.4) is 0 Å². The first-order valence-electron chi connectivity index (χ1n) is 4.90. The average molecular weight is 342 g/mol. The van der Waals surface area contributed by atoms with Crippen LogP contribution < -0.4 is 4.72 Å². The quantitative estimate of drug-likeness (QED) is 0.923. The third kappa shape index (κ3) is 3.14. The number of aromatic nitrogens is 1. The Kier molecular flexibility index (Phi) is 3.96. The van der Waals surface area contributed by atoms with E-state index >= 15 is 0 Å². The van der Waals surface area contributed by atoms with Gasteiger partial charge in [-0.2, -0.15) is 0 Å². The summed E-state index contributed by atoms with van der Waals surface area (Å²) in [5.41, 5.74) is 0. The third-order valence-electron chi connectivity index (χ3n) is 2.10. The Bertz CT molecular complexity index is 704. The van der Waals surface area contributed by atoms with Gasteiger partial charge in [-0.05, 0) is 19.1 Å². The molecule has 2 aromatic rings. The molecule has 5 nitrogen and oxygen atoms in total. The van der Waals surface area contributed by atoms with Gasteiger partial charge in [-0.25, -0.2) is 8.42 Å². The van der Waals surface area contributed by atoms with Crippen LogP contribution in [0.15, 0.2) is 27.6 Å². The summed E-state index contributed by atoms with van der Waals surface area (Å²) in [4.78, 5) is -0.263. The van der Waals surface area contributed by atoms with Crippen molar-refractivity contribution in [3.05, 3.63) is 39.0 Å². The van der Waals surface area contributed by atoms with E-state index in [4.69, 9.17) is 39.3 Å². The molecule has 0 aliphatic heterocycles. The molecule has 0 unspecified atom stereocenters. The van der Waals surface area contributed by atoms with Gasteiger partial charge in [0.2, 0.25) is 0 Å². The lowest BCUT2D eigenvalue weighted by Crippen LogP contribution is -2.14. The van der Waals surface area contributed by atoms with Crippen molar-refractivity contribution in [3.8, 4) is 0 Å². The lowest BCUT2D eigenvalue weighted by Gasteiger charge is -2.09. The van der Waals surface area contributed by atoms with E-state index in [9.17, 15) is 8.42 Å². The van der Waals surface area contributed by atoms with Crippen molar-refractivity contribution in [1.82, 2.24) is 5.16 Å². The van der Waals surface area contributed by atoms with Gasteiger partial charge >= 0.3 is 0 Å². The van der Waals surface area contributed by atoms with Crippen molar-refractivity contribution in [2.24, 2.45) is 0 Å². The number of aryl methyl sites for hydroxylation is 1. The van der Waals surface area contributed by atoms with Gasteiger partial charge in [0.15, 0.2) is 5.82 Å². The van der Waals surface area contributed by atoms with Crippen LogP contribution >= 0.6 is 34.8 Å². The van der Waals surface area contributed by atoms with Crippen LogP contribution in [0.1, 0.15) is 5.76 Å². The molecule has 0 saturated carbocycles. The first-order chi connectivity index (χ1) is 8.79. The Morgan fingerprint density at radius 1 is 1.16 bits per heavy atom. The van der Waals surface area contributed by atoms with Crippen LogP contribution in [0.5, 0.6) is 0 Å². The number of benzene rings is 1. The second-order valence-corrected chi connectivity index (χ2v) is 6.50. The molecule has 0 spiro atoms. The Morgan fingerprint density at radius 3 is 2.21 bits per heavy atom. The molecule has 0 aliphatic rings. The molecule has 19 heavy (non-hydrogen) atoms. The second kappa shape index (κ2) is 5.20. The molecule has 9 heteroatoms. The van der Waals surface area contributed by atoms with Crippen molar-refractivity contribution in [2.45, 2.75) is 11.8 Å². The summed E-state index contributed by atoms with van der Waals surface area (Å²) < 4.78 is 31.3. The van der Waals surface area contributed by atoms with Crippen LogP contribution in [-0.4, -0.2) is 13.6 Å². The zero-order valence-electron chi connectivity index (χ0n) is 9.45. The number of rotatable bonds is 3. The minimum absolute atomic E-state index is 0.0413. The first-order valence-corrected chi connectivity index (χ1v) is 7.52. The molecule has 0 amide bonds. The maximum Gasteiger partial charge on any atom is 0.266 e. The molecule has 1 heterocycles. The minimum Gasteiger partial charge on any atom is -0.360 e. The van der Waals surface area contributed by atoms with Gasteiger partial charge in [0.1, 0.15) is 10.7 Å². The molecule has 1 aromatic heterocycles. The van der Waals surface area contributed by atoms with Crippen LogP contribution in [0.25, 0.3) is 0 Å². The third-order valence-corrected chi connectivity index (χ3v) is 4.59. The molecule has 1 N–H and O–H groups in total. The first kappa shape index (κ1) is 14.5. The molecule has 0 atom stereocenters. The molecular weight excluding hydrogens is 335 g/mol. The average Bonchev–Trinajstić information content (AvgIpc) is 2.60. The van der Waals surface area contributed by atoms with Crippen LogP contribution in [0, 0.1) is 6.92 Å². The van der Waals surface area contributed by atoms with Gasteiger partial charge in [0.25, 0.3) is 10.0 Å². The molecule has 0 saturated heterocycles. The van der Waals surface area contributed by atoms with Crippen molar-refractivity contribution >= 4 is 50.6 Å². The summed E-state index contributed by atoms with van der Waals surface area (Å²) in [7, 11) is -3.97. The van der Waals surface area contributed by atoms with E-state index in [1.54, 1.807) is 6.92 Å². The maximum absolute atomic E-state index is 12.2. The smallest absolute Gasteiger partial charge is 0.266 e. The summed E-state index contributed by atoms with van der Waals surface area (Å²) in [6, 6.07) is 4.00. The van der Waals surface area contributed by atoms with Gasteiger partial charge in [-0.15, -0.1) is 0 Å². The zero-order valence-corrected chi connectivity index (χ0v) is 12.5. The Labute approximate surface area is 124 Å². The summed E-state index contributed by atoms with van der Waals surface area (Å²) in [5.74, 6) is 0.505. The fraction of sp³-hybridized carbons (Fsp3) is 0.100. The van der Waals surface area contributed by atoms with Gasteiger partial charge < -0.3 is 4.52 Å². The van der Waals surface area contributed by atoms with Crippen molar-refractivity contribution in [3.63, 3.8) is 0 Å². The highest BCUT2D eigenvalue weighted by Crippen LogP contribution is 2.33. The molecule has 102 valence electrons. The number of halogens is 3. The Hall–Kier alpha value is -0.950. The molecule has 0 radical (unpaired) electrons. The minimum atomic E-state index is -3.97. The number of hydrogen-bond acceptors (Lipinski definition) is 4.